The first kappa shape index (κ1) is 38.4. The van der Waals surface area contributed by atoms with Crippen LogP contribution in [0, 0.1) is 0 Å². The van der Waals surface area contributed by atoms with Crippen molar-refractivity contribution in [3.63, 3.8) is 0 Å². The molecule has 0 amide bonds. The van der Waals surface area contributed by atoms with Crippen LogP contribution in [-0.2, 0) is 19.0 Å². The molecule has 4 N–H and O–H groups in total. The molecule has 0 aromatic carbocycles. The second-order valence-electron chi connectivity index (χ2n) is 14.2. The van der Waals surface area contributed by atoms with Crippen LogP contribution in [0.1, 0.15) is 162 Å². The second kappa shape index (κ2) is 21.8. The summed E-state index contributed by atoms with van der Waals surface area (Å²) in [6, 6.07) is 0. The first-order chi connectivity index (χ1) is 21.8. The summed E-state index contributed by atoms with van der Waals surface area (Å²) in [6.45, 7) is 4.07. The zero-order chi connectivity index (χ0) is 32.4. The minimum atomic E-state index is -0.627. The number of rotatable bonds is 25. The molecule has 3 aliphatic rings. The summed E-state index contributed by atoms with van der Waals surface area (Å²) in [5.41, 5.74) is 0.600. The molecule has 2 fully saturated rings. The molecule has 0 radical (unpaired) electrons. The first-order valence-corrected chi connectivity index (χ1v) is 18.7. The van der Waals surface area contributed by atoms with Crippen LogP contribution in [0.3, 0.4) is 0 Å². The van der Waals surface area contributed by atoms with Crippen LogP contribution in [-0.4, -0.2) is 81.3 Å². The van der Waals surface area contributed by atoms with Gasteiger partial charge in [0.15, 0.2) is 0 Å². The van der Waals surface area contributed by atoms with Crippen molar-refractivity contribution in [2.45, 2.75) is 216 Å². The molecule has 45 heavy (non-hydrogen) atoms. The van der Waals surface area contributed by atoms with Gasteiger partial charge in [-0.15, -0.1) is 0 Å². The maximum absolute atomic E-state index is 11.7. The average Bonchev–Trinajstić information content (AvgIpc) is 3.77. The van der Waals surface area contributed by atoms with Crippen LogP contribution in [0.25, 0.3) is 0 Å². The number of hydrogen-bond acceptors (Lipinski definition) is 8. The van der Waals surface area contributed by atoms with Crippen LogP contribution in [0.5, 0.6) is 0 Å². The highest BCUT2D eigenvalue weighted by Crippen LogP contribution is 2.31. The van der Waals surface area contributed by atoms with Gasteiger partial charge in [0, 0.05) is 12.0 Å². The molecule has 8 nitrogen and oxygen atoms in total. The van der Waals surface area contributed by atoms with E-state index in [1.165, 1.54) is 38.5 Å². The number of aliphatic hydroxyl groups excluding tert-OH is 4. The van der Waals surface area contributed by atoms with E-state index in [9.17, 15) is 25.2 Å². The Morgan fingerprint density at radius 3 is 1.78 bits per heavy atom. The monoisotopic (exact) mass is 638 g/mol. The Bertz CT molecular complexity index is 833. The van der Waals surface area contributed by atoms with Crippen LogP contribution >= 0.6 is 0 Å². The molecule has 3 aliphatic heterocycles. The summed E-state index contributed by atoms with van der Waals surface area (Å²) < 4.78 is 17.3. The van der Waals surface area contributed by atoms with Crippen molar-refractivity contribution in [2.75, 3.05) is 0 Å². The predicted octanol–water partition coefficient (Wildman–Crippen LogP) is 6.83. The van der Waals surface area contributed by atoms with Gasteiger partial charge in [-0.25, -0.2) is 4.79 Å². The van der Waals surface area contributed by atoms with E-state index in [2.05, 4.69) is 6.92 Å². The highest BCUT2D eigenvalue weighted by atomic mass is 16.5. The van der Waals surface area contributed by atoms with Crippen molar-refractivity contribution in [2.24, 2.45) is 0 Å². The van der Waals surface area contributed by atoms with Gasteiger partial charge in [0.25, 0.3) is 0 Å². The molecule has 0 saturated carbocycles. The zero-order valence-corrected chi connectivity index (χ0v) is 28.5. The van der Waals surface area contributed by atoms with Crippen molar-refractivity contribution >= 4 is 5.97 Å². The number of cyclic esters (lactones) is 1. The maximum Gasteiger partial charge on any atom is 0.334 e. The van der Waals surface area contributed by atoms with Crippen LogP contribution < -0.4 is 0 Å². The topological polar surface area (TPSA) is 126 Å². The van der Waals surface area contributed by atoms with Crippen LogP contribution in [0.15, 0.2) is 11.6 Å². The smallest absolute Gasteiger partial charge is 0.334 e. The normalized spacial score (nSPS) is 27.8. The van der Waals surface area contributed by atoms with Crippen molar-refractivity contribution in [1.82, 2.24) is 0 Å². The lowest BCUT2D eigenvalue weighted by Crippen LogP contribution is -2.33. The van der Waals surface area contributed by atoms with Gasteiger partial charge in [0.2, 0.25) is 0 Å². The van der Waals surface area contributed by atoms with Crippen molar-refractivity contribution < 1.29 is 39.4 Å². The Morgan fingerprint density at radius 1 is 0.667 bits per heavy atom. The number of aliphatic hydroxyl groups is 4. The predicted molar refractivity (Wildman–Crippen MR) is 177 cm³/mol. The molecule has 0 aromatic heterocycles. The molecule has 0 aliphatic carbocycles. The van der Waals surface area contributed by atoms with Gasteiger partial charge >= 0.3 is 5.97 Å². The fraction of sp³-hybridized carbons (Fsp3) is 0.919. The number of esters is 1. The molecule has 3 rings (SSSR count). The molecule has 262 valence electrons. The van der Waals surface area contributed by atoms with Crippen LogP contribution in [0.2, 0.25) is 0 Å². The Morgan fingerprint density at radius 2 is 1.18 bits per heavy atom. The number of unbranched alkanes of at least 4 members (excludes halogenated alkanes) is 11. The van der Waals surface area contributed by atoms with E-state index in [4.69, 9.17) is 14.2 Å². The molecule has 3 heterocycles. The van der Waals surface area contributed by atoms with Gasteiger partial charge in [-0.3, -0.25) is 0 Å². The minimum Gasteiger partial charge on any atom is -0.455 e. The molecule has 8 heteroatoms. The van der Waals surface area contributed by atoms with Gasteiger partial charge in [-0.05, 0) is 70.8 Å². The Hall–Kier alpha value is -1.03. The van der Waals surface area contributed by atoms with Gasteiger partial charge in [-0.2, -0.15) is 0 Å². The van der Waals surface area contributed by atoms with E-state index < -0.39 is 24.4 Å². The summed E-state index contributed by atoms with van der Waals surface area (Å²) in [5.74, 6) is -0.295. The highest BCUT2D eigenvalue weighted by molar-refractivity contribution is 5.90. The third kappa shape index (κ3) is 14.7. The zero-order valence-electron chi connectivity index (χ0n) is 28.5. The third-order valence-electron chi connectivity index (χ3n) is 10.1. The SMILES string of the molecule is CCCCCCCCCC[C@H](O)[C@H]1CC[C@H]([C@H](O)CC[C@H](O)[C@@H]2CC[C@@H](CCCCCCC[C@@H](O)CC3=C[C@H](C)OC3=O)O2)O1. The summed E-state index contributed by atoms with van der Waals surface area (Å²) >= 11 is 0. The number of carbonyl (C=O) groups excluding carboxylic acids is 1. The largest absolute Gasteiger partial charge is 0.455 e. The number of hydrogen-bond donors (Lipinski definition) is 4. The molecular weight excluding hydrogens is 572 g/mol. The van der Waals surface area contributed by atoms with Gasteiger partial charge in [-0.1, -0.05) is 90.4 Å². The number of ether oxygens (including phenoxy) is 3. The quantitative estimate of drug-likeness (QED) is 0.0634. The van der Waals surface area contributed by atoms with Crippen molar-refractivity contribution in [3.05, 3.63) is 11.6 Å². The Kier molecular flexibility index (Phi) is 18.6. The van der Waals surface area contributed by atoms with E-state index in [0.717, 1.165) is 83.5 Å². The van der Waals surface area contributed by atoms with E-state index in [1.807, 2.05) is 6.92 Å². The van der Waals surface area contributed by atoms with E-state index in [-0.39, 0.29) is 36.5 Å². The summed E-state index contributed by atoms with van der Waals surface area (Å²) in [4.78, 5) is 11.7. The maximum atomic E-state index is 11.7. The molecule has 0 aromatic rings. The lowest BCUT2D eigenvalue weighted by Gasteiger charge is -2.24. The fourth-order valence-corrected chi connectivity index (χ4v) is 7.29. The lowest BCUT2D eigenvalue weighted by molar-refractivity contribution is -0.139. The summed E-state index contributed by atoms with van der Waals surface area (Å²) in [7, 11) is 0. The number of carbonyl (C=O) groups is 1. The highest BCUT2D eigenvalue weighted by Gasteiger charge is 2.36. The minimum absolute atomic E-state index is 0.162. The standard InChI is InChI=1S/C37H66O8/c1-3-4-5-6-7-8-12-15-18-31(39)35-23-24-36(45-35)33(41)21-20-32(40)34-22-19-30(44-34)17-14-11-9-10-13-16-29(38)26-28-25-27(2)43-37(28)42/h25,27,29-36,38-41H,3-24,26H2,1-2H3/t27-,29+,30+,31-,32-,33+,34-,35+,36+/m0/s1. The Labute approximate surface area is 273 Å². The summed E-state index contributed by atoms with van der Waals surface area (Å²) in [5, 5.41) is 42.4. The van der Waals surface area contributed by atoms with E-state index >= 15 is 0 Å². The van der Waals surface area contributed by atoms with Crippen molar-refractivity contribution in [1.29, 1.82) is 0 Å². The lowest BCUT2D eigenvalue weighted by atomic mass is 9.98. The molecule has 0 unspecified atom stereocenters. The van der Waals surface area contributed by atoms with Gasteiger partial charge in [0.1, 0.15) is 6.10 Å². The first-order valence-electron chi connectivity index (χ1n) is 18.7. The van der Waals surface area contributed by atoms with Crippen LogP contribution in [0.4, 0.5) is 0 Å². The van der Waals surface area contributed by atoms with E-state index in [1.54, 1.807) is 6.08 Å². The molecule has 0 spiro atoms. The van der Waals surface area contributed by atoms with Gasteiger partial charge in [0.05, 0.1) is 48.8 Å². The van der Waals surface area contributed by atoms with E-state index in [0.29, 0.717) is 31.3 Å². The fourth-order valence-electron chi connectivity index (χ4n) is 7.29. The molecule has 9 atom stereocenters. The molecule has 2 saturated heterocycles. The van der Waals surface area contributed by atoms with Gasteiger partial charge < -0.3 is 34.6 Å². The van der Waals surface area contributed by atoms with Crippen molar-refractivity contribution in [3.8, 4) is 0 Å². The third-order valence-corrected chi connectivity index (χ3v) is 10.1. The summed E-state index contributed by atoms with van der Waals surface area (Å²) in [6.07, 6.45) is 21.6. The second-order valence-corrected chi connectivity index (χ2v) is 14.2. The molecule has 0 bridgehead atoms. The Balaban J connectivity index is 1.16. The molecular formula is C37H66O8. The average molecular weight is 639 g/mol.